The number of carbonyl (C=O) groups is 2. The van der Waals surface area contributed by atoms with Crippen molar-refractivity contribution in [2.24, 2.45) is 5.92 Å². The molecule has 2 aliphatic rings. The van der Waals surface area contributed by atoms with Gasteiger partial charge < -0.3 is 9.72 Å². The standard InChI is InChI=1S/C28H21N3O6S2/c1-15-6-2-3-7-16(15)14-37-20-9-5-4-8-19(20)21-22-24(38-25-23(21)39-28(34)29-25)27(33)30(26(22)32)17-10-12-18(13-11-17)31(35)36/h2-13,21-22,24H,14H2,1H3,(H,29,34). The summed E-state index contributed by atoms with van der Waals surface area (Å²) < 4.78 is 6.27. The first-order valence-corrected chi connectivity index (χ1v) is 13.8. The molecule has 0 spiro atoms. The van der Waals surface area contributed by atoms with Crippen LogP contribution in [-0.2, 0) is 16.2 Å². The van der Waals surface area contributed by atoms with Crippen LogP contribution in [0.15, 0.2) is 82.6 Å². The fourth-order valence-corrected chi connectivity index (χ4v) is 7.63. The van der Waals surface area contributed by atoms with Crippen LogP contribution < -0.4 is 14.5 Å². The molecule has 39 heavy (non-hydrogen) atoms. The maximum absolute atomic E-state index is 13.9. The molecule has 2 amide bonds. The van der Waals surface area contributed by atoms with Crippen molar-refractivity contribution in [3.63, 3.8) is 0 Å². The first-order valence-electron chi connectivity index (χ1n) is 12.1. The van der Waals surface area contributed by atoms with E-state index >= 15 is 0 Å². The molecule has 0 aliphatic carbocycles. The number of imide groups is 1. The number of hydrogen-bond donors (Lipinski definition) is 1. The molecule has 3 unspecified atom stereocenters. The van der Waals surface area contributed by atoms with Gasteiger partial charge in [0.1, 0.15) is 17.6 Å². The largest absolute Gasteiger partial charge is 0.489 e. The van der Waals surface area contributed by atoms with Crippen LogP contribution in [0.4, 0.5) is 11.4 Å². The molecule has 1 saturated heterocycles. The van der Waals surface area contributed by atoms with Crippen molar-refractivity contribution < 1.29 is 19.2 Å². The van der Waals surface area contributed by atoms with Gasteiger partial charge in [0.15, 0.2) is 0 Å². The van der Waals surface area contributed by atoms with Gasteiger partial charge in [-0.1, -0.05) is 65.6 Å². The first-order chi connectivity index (χ1) is 18.8. The Morgan fingerprint density at radius 3 is 2.44 bits per heavy atom. The average Bonchev–Trinajstić information content (AvgIpc) is 3.42. The summed E-state index contributed by atoms with van der Waals surface area (Å²) in [6.07, 6.45) is 0. The van der Waals surface area contributed by atoms with Crippen molar-refractivity contribution in [1.82, 2.24) is 4.98 Å². The molecule has 1 aromatic heterocycles. The van der Waals surface area contributed by atoms with E-state index in [0.29, 0.717) is 27.8 Å². The first kappa shape index (κ1) is 25.1. The Balaban J connectivity index is 1.41. The molecule has 9 nitrogen and oxygen atoms in total. The summed E-state index contributed by atoms with van der Waals surface area (Å²) in [4.78, 5) is 54.9. The van der Waals surface area contributed by atoms with Crippen molar-refractivity contribution in [1.29, 1.82) is 0 Å². The number of aromatic amines is 1. The molecule has 2 aliphatic heterocycles. The van der Waals surface area contributed by atoms with Gasteiger partial charge in [-0.25, -0.2) is 4.90 Å². The maximum Gasteiger partial charge on any atom is 0.305 e. The third-order valence-corrected chi connectivity index (χ3v) is 9.44. The average molecular weight is 560 g/mol. The summed E-state index contributed by atoms with van der Waals surface area (Å²) in [6.45, 7) is 2.32. The lowest BCUT2D eigenvalue weighted by Gasteiger charge is -2.30. The Morgan fingerprint density at radius 2 is 1.69 bits per heavy atom. The highest BCUT2D eigenvalue weighted by molar-refractivity contribution is 8.00. The lowest BCUT2D eigenvalue weighted by atomic mass is 9.82. The van der Waals surface area contributed by atoms with Crippen LogP contribution in [0.1, 0.15) is 27.5 Å². The highest BCUT2D eigenvalue weighted by Gasteiger charge is 2.56. The number of ether oxygens (including phenoxy) is 1. The number of nitro groups is 1. The summed E-state index contributed by atoms with van der Waals surface area (Å²) in [5.74, 6) is -1.67. The molecule has 0 radical (unpaired) electrons. The van der Waals surface area contributed by atoms with Gasteiger partial charge >= 0.3 is 4.87 Å². The Bertz CT molecular complexity index is 1680. The predicted octanol–water partition coefficient (Wildman–Crippen LogP) is 5.03. The van der Waals surface area contributed by atoms with E-state index in [-0.39, 0.29) is 16.2 Å². The number of hydrogen-bond acceptors (Lipinski definition) is 8. The van der Waals surface area contributed by atoms with Gasteiger partial charge in [-0.2, -0.15) is 0 Å². The minimum Gasteiger partial charge on any atom is -0.489 e. The molecule has 11 heteroatoms. The van der Waals surface area contributed by atoms with Gasteiger partial charge in [-0.15, -0.1) is 0 Å². The number of thiazole rings is 1. The van der Waals surface area contributed by atoms with E-state index in [2.05, 4.69) is 4.98 Å². The van der Waals surface area contributed by atoms with Crippen molar-refractivity contribution in [2.75, 3.05) is 4.90 Å². The van der Waals surface area contributed by atoms with E-state index in [4.69, 9.17) is 4.74 Å². The number of thioether (sulfide) groups is 1. The second kappa shape index (κ2) is 9.83. The third-order valence-electron chi connectivity index (χ3n) is 7.04. The van der Waals surface area contributed by atoms with E-state index in [9.17, 15) is 24.5 Å². The van der Waals surface area contributed by atoms with Gasteiger partial charge in [0.05, 0.1) is 21.6 Å². The lowest BCUT2D eigenvalue weighted by molar-refractivity contribution is -0.384. The summed E-state index contributed by atoms with van der Waals surface area (Å²) in [5.41, 5.74) is 2.95. The van der Waals surface area contributed by atoms with Crippen LogP contribution in [0, 0.1) is 23.0 Å². The molecule has 1 N–H and O–H groups in total. The highest BCUT2D eigenvalue weighted by Crippen LogP contribution is 2.54. The minimum atomic E-state index is -0.792. The molecule has 3 heterocycles. The molecule has 1 fully saturated rings. The number of H-pyrrole nitrogens is 1. The van der Waals surface area contributed by atoms with Crippen molar-refractivity contribution in [3.05, 3.63) is 114 Å². The van der Waals surface area contributed by atoms with E-state index < -0.39 is 33.8 Å². The van der Waals surface area contributed by atoms with Crippen LogP contribution in [0.2, 0.25) is 0 Å². The smallest absolute Gasteiger partial charge is 0.305 e. The van der Waals surface area contributed by atoms with E-state index in [0.717, 1.165) is 27.4 Å². The van der Waals surface area contributed by atoms with Gasteiger partial charge in [0.25, 0.3) is 5.69 Å². The maximum atomic E-state index is 13.9. The Labute approximate surface area is 230 Å². The Morgan fingerprint density at radius 1 is 0.974 bits per heavy atom. The number of aromatic nitrogens is 1. The van der Waals surface area contributed by atoms with Crippen LogP contribution in [0.25, 0.3) is 0 Å². The number of para-hydroxylation sites is 1. The zero-order chi connectivity index (χ0) is 27.3. The molecule has 3 aromatic carbocycles. The van der Waals surface area contributed by atoms with Gasteiger partial charge in [0.2, 0.25) is 11.8 Å². The zero-order valence-corrected chi connectivity index (χ0v) is 22.2. The number of benzene rings is 3. The molecule has 6 rings (SSSR count). The number of nitrogens with zero attached hydrogens (tertiary/aromatic N) is 2. The topological polar surface area (TPSA) is 123 Å². The van der Waals surface area contributed by atoms with Crippen molar-refractivity contribution in [3.8, 4) is 5.75 Å². The SMILES string of the molecule is Cc1ccccc1COc1ccccc1C1c2sc(=O)[nH]c2SC2C(=O)N(c3ccc([N+](=O)[O-])cc3)C(=O)C21. The fourth-order valence-electron chi connectivity index (χ4n) is 5.13. The quantitative estimate of drug-likeness (QED) is 0.200. The molecular weight excluding hydrogens is 538 g/mol. The molecule has 196 valence electrons. The monoisotopic (exact) mass is 559 g/mol. The van der Waals surface area contributed by atoms with Gasteiger partial charge in [0, 0.05) is 28.5 Å². The summed E-state index contributed by atoms with van der Waals surface area (Å²) in [5, 5.41) is 10.9. The van der Waals surface area contributed by atoms with Gasteiger partial charge in [-0.3, -0.25) is 24.5 Å². The highest BCUT2D eigenvalue weighted by atomic mass is 32.2. The van der Waals surface area contributed by atoms with Crippen molar-refractivity contribution in [2.45, 2.75) is 29.7 Å². The van der Waals surface area contributed by atoms with E-state index in [1.54, 1.807) is 0 Å². The third kappa shape index (κ3) is 4.33. The summed E-state index contributed by atoms with van der Waals surface area (Å²) in [6, 6.07) is 20.6. The van der Waals surface area contributed by atoms with Crippen LogP contribution in [0.5, 0.6) is 5.75 Å². The molecule has 3 atom stereocenters. The number of non-ortho nitro benzene ring substituents is 1. The number of nitrogens with one attached hydrogen (secondary N) is 1. The normalized spacial score (nSPS) is 20.0. The van der Waals surface area contributed by atoms with E-state index in [1.165, 1.54) is 36.0 Å². The number of aryl methyl sites for hydroxylation is 1. The Kier molecular flexibility index (Phi) is 6.32. The summed E-state index contributed by atoms with van der Waals surface area (Å²) >= 11 is 2.21. The van der Waals surface area contributed by atoms with Crippen LogP contribution in [-0.4, -0.2) is 27.0 Å². The Hall–Kier alpha value is -4.22. The lowest BCUT2D eigenvalue weighted by Crippen LogP contribution is -2.32. The second-order valence-electron chi connectivity index (χ2n) is 9.29. The predicted molar refractivity (Wildman–Crippen MR) is 147 cm³/mol. The number of nitro benzene ring substituents is 1. The molecule has 0 saturated carbocycles. The van der Waals surface area contributed by atoms with Crippen LogP contribution >= 0.6 is 23.1 Å². The number of amides is 2. The van der Waals surface area contributed by atoms with Crippen LogP contribution in [0.3, 0.4) is 0 Å². The minimum absolute atomic E-state index is 0.137. The molecular formula is C28H21N3O6S2. The number of rotatable bonds is 6. The number of fused-ring (bicyclic) bond motifs is 2. The zero-order valence-electron chi connectivity index (χ0n) is 20.5. The number of carbonyl (C=O) groups excluding carboxylic acids is 2. The van der Waals surface area contributed by atoms with Crippen molar-refractivity contribution >= 4 is 46.3 Å². The summed E-state index contributed by atoms with van der Waals surface area (Å²) in [7, 11) is 0. The van der Waals surface area contributed by atoms with E-state index in [1.807, 2.05) is 55.5 Å². The second-order valence-corrected chi connectivity index (χ2v) is 11.5. The number of anilines is 1. The molecule has 0 bridgehead atoms. The molecule has 4 aromatic rings. The van der Waals surface area contributed by atoms with Gasteiger partial charge in [-0.05, 0) is 36.2 Å². The fraction of sp³-hybridized carbons (Fsp3) is 0.179.